The highest BCUT2D eigenvalue weighted by Gasteiger charge is 2.01. The molecule has 0 aliphatic carbocycles. The van der Waals surface area contributed by atoms with Gasteiger partial charge in [0.25, 0.3) is 0 Å². The van der Waals surface area contributed by atoms with E-state index >= 15 is 0 Å². The first kappa shape index (κ1) is 13.6. The molecule has 1 aromatic heterocycles. The summed E-state index contributed by atoms with van der Waals surface area (Å²) < 4.78 is 1.23. The Morgan fingerprint density at radius 3 is 2.67 bits per heavy atom. The van der Waals surface area contributed by atoms with Crippen LogP contribution in [-0.4, -0.2) is 5.75 Å². The summed E-state index contributed by atoms with van der Waals surface area (Å²) in [7, 11) is 0. The van der Waals surface area contributed by atoms with Gasteiger partial charge in [-0.05, 0) is 34.2 Å². The molecule has 1 heterocycles. The van der Waals surface area contributed by atoms with Crippen LogP contribution in [0.1, 0.15) is 45.4 Å². The van der Waals surface area contributed by atoms with Crippen molar-refractivity contribution in [3.8, 4) is 0 Å². The Morgan fingerprint density at radius 1 is 1.27 bits per heavy atom. The van der Waals surface area contributed by atoms with Crippen LogP contribution in [0.2, 0.25) is 0 Å². The van der Waals surface area contributed by atoms with Crippen LogP contribution in [0.4, 0.5) is 0 Å². The minimum absolute atomic E-state index is 1.23. The summed E-state index contributed by atoms with van der Waals surface area (Å²) in [6.07, 6.45) is 8.29. The molecule has 0 aliphatic heterocycles. The zero-order chi connectivity index (χ0) is 10.9. The molecule has 0 saturated carbocycles. The van der Waals surface area contributed by atoms with Gasteiger partial charge >= 0.3 is 0 Å². The Balaban J connectivity index is 1.96. The van der Waals surface area contributed by atoms with Crippen molar-refractivity contribution in [2.24, 2.45) is 0 Å². The van der Waals surface area contributed by atoms with Crippen LogP contribution in [0.3, 0.4) is 0 Å². The topological polar surface area (TPSA) is 0 Å². The third-order valence-corrected chi connectivity index (χ3v) is 5.35. The van der Waals surface area contributed by atoms with Crippen LogP contribution >= 0.6 is 39.0 Å². The molecular weight excluding hydrogens is 288 g/mol. The number of thioether (sulfide) groups is 1. The fourth-order valence-corrected chi connectivity index (χ4v) is 3.78. The molecule has 0 saturated heterocycles. The third kappa shape index (κ3) is 5.98. The van der Waals surface area contributed by atoms with Crippen molar-refractivity contribution in [2.75, 3.05) is 5.75 Å². The largest absolute Gasteiger partial charge is 0.126 e. The lowest BCUT2D eigenvalue weighted by Crippen LogP contribution is -1.81. The smallest absolute Gasteiger partial charge is 0.0840 e. The normalized spacial score (nSPS) is 10.8. The van der Waals surface area contributed by atoms with E-state index in [1.807, 2.05) is 11.8 Å². The predicted molar refractivity (Wildman–Crippen MR) is 75.0 cm³/mol. The minimum Gasteiger partial charge on any atom is -0.126 e. The van der Waals surface area contributed by atoms with Crippen LogP contribution in [0.5, 0.6) is 0 Å². The highest BCUT2D eigenvalue weighted by Crippen LogP contribution is 2.32. The number of hydrogen-bond acceptors (Lipinski definition) is 2. The highest BCUT2D eigenvalue weighted by molar-refractivity contribution is 9.11. The highest BCUT2D eigenvalue weighted by atomic mass is 79.9. The molecule has 3 heteroatoms. The molecular formula is C12H18BrS2. The van der Waals surface area contributed by atoms with Crippen molar-refractivity contribution < 1.29 is 0 Å². The van der Waals surface area contributed by atoms with Crippen molar-refractivity contribution in [1.82, 2.24) is 0 Å². The van der Waals surface area contributed by atoms with Gasteiger partial charge in [0.1, 0.15) is 0 Å². The zero-order valence-corrected chi connectivity index (χ0v) is 12.4. The van der Waals surface area contributed by atoms with Gasteiger partial charge in [0.2, 0.25) is 0 Å². The van der Waals surface area contributed by atoms with Crippen molar-refractivity contribution in [3.05, 3.63) is 15.2 Å². The summed E-state index contributed by atoms with van der Waals surface area (Å²) >= 11 is 7.14. The lowest BCUT2D eigenvalue weighted by atomic mass is 10.1. The predicted octanol–water partition coefficient (Wildman–Crippen LogP) is 5.76. The lowest BCUT2D eigenvalue weighted by molar-refractivity contribution is 0.627. The van der Waals surface area contributed by atoms with E-state index in [4.69, 9.17) is 0 Å². The molecule has 0 aromatic carbocycles. The maximum atomic E-state index is 3.54. The second-order valence-electron chi connectivity index (χ2n) is 3.62. The molecule has 0 fully saturated rings. The number of unbranched alkanes of at least 4 members (excludes halogenated alkanes) is 5. The van der Waals surface area contributed by atoms with Gasteiger partial charge in [0, 0.05) is 10.3 Å². The Morgan fingerprint density at radius 2 is 2.00 bits per heavy atom. The van der Waals surface area contributed by atoms with Crippen LogP contribution < -0.4 is 0 Å². The van der Waals surface area contributed by atoms with E-state index in [1.165, 1.54) is 53.0 Å². The number of rotatable bonds is 8. The van der Waals surface area contributed by atoms with Crippen LogP contribution in [0, 0.1) is 5.38 Å². The van der Waals surface area contributed by atoms with Gasteiger partial charge < -0.3 is 0 Å². The SMILES string of the molecule is CCCCCCCCSc1c[c]sc1Br. The quantitative estimate of drug-likeness (QED) is 0.434. The van der Waals surface area contributed by atoms with E-state index in [-0.39, 0.29) is 0 Å². The molecule has 0 spiro atoms. The van der Waals surface area contributed by atoms with Crippen LogP contribution in [0.15, 0.2) is 14.7 Å². The number of hydrogen-bond donors (Lipinski definition) is 0. The lowest BCUT2D eigenvalue weighted by Gasteiger charge is -2.00. The van der Waals surface area contributed by atoms with Crippen molar-refractivity contribution in [1.29, 1.82) is 0 Å². The zero-order valence-electron chi connectivity index (χ0n) is 9.22. The molecule has 0 nitrogen and oxygen atoms in total. The Kier molecular flexibility index (Phi) is 7.84. The first-order valence-electron chi connectivity index (χ1n) is 5.62. The Bertz CT molecular complexity index is 258. The standard InChI is InChI=1S/C12H18BrS2/c1-2-3-4-5-6-7-9-14-11-8-10-15-12(11)13/h8H,2-7,9H2,1H3. The fraction of sp³-hybridized carbons (Fsp3) is 0.667. The van der Waals surface area contributed by atoms with Crippen molar-refractivity contribution in [3.63, 3.8) is 0 Å². The molecule has 0 bridgehead atoms. The van der Waals surface area contributed by atoms with Crippen LogP contribution in [0.25, 0.3) is 0 Å². The van der Waals surface area contributed by atoms with E-state index in [0.29, 0.717) is 0 Å². The van der Waals surface area contributed by atoms with Gasteiger partial charge in [0.05, 0.1) is 3.79 Å². The van der Waals surface area contributed by atoms with Gasteiger partial charge in [0.15, 0.2) is 0 Å². The molecule has 1 aromatic rings. The van der Waals surface area contributed by atoms with Gasteiger partial charge in [-0.15, -0.1) is 23.1 Å². The van der Waals surface area contributed by atoms with E-state index < -0.39 is 0 Å². The molecule has 1 radical (unpaired) electrons. The maximum absolute atomic E-state index is 3.54. The number of halogens is 1. The summed E-state index contributed by atoms with van der Waals surface area (Å²) in [5.41, 5.74) is 0. The summed E-state index contributed by atoms with van der Waals surface area (Å²) in [6, 6.07) is 2.08. The van der Waals surface area contributed by atoms with E-state index in [0.717, 1.165) is 0 Å². The maximum Gasteiger partial charge on any atom is 0.0840 e. The molecule has 1 rings (SSSR count). The van der Waals surface area contributed by atoms with E-state index in [2.05, 4.69) is 34.3 Å². The molecule has 0 aliphatic rings. The van der Waals surface area contributed by atoms with Gasteiger partial charge in [-0.25, -0.2) is 0 Å². The number of thiophene rings is 1. The fourth-order valence-electron chi connectivity index (χ4n) is 1.40. The molecule has 0 atom stereocenters. The van der Waals surface area contributed by atoms with Crippen molar-refractivity contribution >= 4 is 39.0 Å². The van der Waals surface area contributed by atoms with Crippen LogP contribution in [-0.2, 0) is 0 Å². The Hall–Kier alpha value is 0.530. The minimum atomic E-state index is 1.23. The Labute approximate surface area is 110 Å². The molecule has 0 amide bonds. The molecule has 85 valence electrons. The first-order chi connectivity index (χ1) is 7.34. The van der Waals surface area contributed by atoms with Gasteiger partial charge in [-0.1, -0.05) is 39.0 Å². The average molecular weight is 306 g/mol. The van der Waals surface area contributed by atoms with E-state index in [1.54, 1.807) is 11.3 Å². The monoisotopic (exact) mass is 305 g/mol. The summed E-state index contributed by atoms with van der Waals surface area (Å²) in [5, 5.41) is 3.14. The van der Waals surface area contributed by atoms with Gasteiger partial charge in [-0.3, -0.25) is 0 Å². The molecule has 15 heavy (non-hydrogen) atoms. The second-order valence-corrected chi connectivity index (χ2v) is 6.92. The summed E-state index contributed by atoms with van der Waals surface area (Å²) in [6.45, 7) is 2.26. The average Bonchev–Trinajstić information content (AvgIpc) is 2.63. The first-order valence-corrected chi connectivity index (χ1v) is 8.22. The second kappa shape index (κ2) is 8.66. The molecule has 0 unspecified atom stereocenters. The van der Waals surface area contributed by atoms with Crippen molar-refractivity contribution in [2.45, 2.75) is 50.3 Å². The third-order valence-electron chi connectivity index (χ3n) is 2.29. The van der Waals surface area contributed by atoms with Gasteiger partial charge in [-0.2, -0.15) is 0 Å². The molecule has 0 N–H and O–H groups in total. The summed E-state index contributed by atoms with van der Waals surface area (Å²) in [5.74, 6) is 1.25. The van der Waals surface area contributed by atoms with E-state index in [9.17, 15) is 0 Å². The summed E-state index contributed by atoms with van der Waals surface area (Å²) in [4.78, 5) is 1.36.